The second kappa shape index (κ2) is 12.7. The summed E-state index contributed by atoms with van der Waals surface area (Å²) < 4.78 is 0. The van der Waals surface area contributed by atoms with Crippen molar-refractivity contribution in [2.75, 3.05) is 6.54 Å². The Balaban J connectivity index is 2.91. The molecule has 84 valence electrons. The highest BCUT2D eigenvalue weighted by molar-refractivity contribution is 4.80. The highest BCUT2D eigenvalue weighted by Crippen LogP contribution is 2.07. The molecule has 0 saturated carbocycles. The lowest BCUT2D eigenvalue weighted by Crippen LogP contribution is -1.97. The normalized spacial score (nSPS) is 11.3. The molecule has 1 heteroatoms. The van der Waals surface area contributed by atoms with Crippen LogP contribution in [0.4, 0.5) is 0 Å². The lowest BCUT2D eigenvalue weighted by Gasteiger charge is -1.98. The van der Waals surface area contributed by atoms with Gasteiger partial charge < -0.3 is 5.73 Å². The molecule has 0 aliphatic rings. The zero-order chi connectivity index (χ0) is 10.5. The molecule has 0 fully saturated rings. The van der Waals surface area contributed by atoms with Crippen LogP contribution in [-0.4, -0.2) is 6.54 Å². The van der Waals surface area contributed by atoms with Crippen molar-refractivity contribution in [2.45, 2.75) is 64.7 Å². The van der Waals surface area contributed by atoms with E-state index in [0.29, 0.717) is 0 Å². The van der Waals surface area contributed by atoms with Crippen molar-refractivity contribution >= 4 is 0 Å². The van der Waals surface area contributed by atoms with Gasteiger partial charge in [0.05, 0.1) is 0 Å². The van der Waals surface area contributed by atoms with Crippen LogP contribution in [0, 0.1) is 0 Å². The zero-order valence-corrected chi connectivity index (χ0v) is 9.80. The summed E-state index contributed by atoms with van der Waals surface area (Å²) in [6.07, 6.45) is 16.5. The molecule has 0 rings (SSSR count). The minimum Gasteiger partial charge on any atom is -0.330 e. The van der Waals surface area contributed by atoms with Gasteiger partial charge in [-0.25, -0.2) is 0 Å². The van der Waals surface area contributed by atoms with E-state index in [-0.39, 0.29) is 0 Å². The number of allylic oxidation sites excluding steroid dienone is 2. The topological polar surface area (TPSA) is 26.0 Å². The van der Waals surface area contributed by atoms with Crippen LogP contribution in [0.1, 0.15) is 64.7 Å². The maximum absolute atomic E-state index is 5.43. The number of hydrogen-bond acceptors (Lipinski definition) is 1. The Labute approximate surface area is 89.8 Å². The third-order valence-corrected chi connectivity index (χ3v) is 2.45. The molecule has 2 N–H and O–H groups in total. The average Bonchev–Trinajstić information content (AvgIpc) is 2.21. The number of nitrogens with two attached hydrogens (primary N) is 1. The van der Waals surface area contributed by atoms with E-state index in [2.05, 4.69) is 19.1 Å². The molecule has 0 aromatic carbocycles. The third-order valence-electron chi connectivity index (χ3n) is 2.45. The van der Waals surface area contributed by atoms with Gasteiger partial charge in [-0.2, -0.15) is 0 Å². The van der Waals surface area contributed by atoms with E-state index >= 15 is 0 Å². The van der Waals surface area contributed by atoms with E-state index in [9.17, 15) is 0 Å². The first-order valence-electron chi connectivity index (χ1n) is 6.27. The lowest BCUT2D eigenvalue weighted by atomic mass is 10.1. The second-order valence-corrected chi connectivity index (χ2v) is 3.96. The summed E-state index contributed by atoms with van der Waals surface area (Å²) in [6, 6.07) is 0. The largest absolute Gasteiger partial charge is 0.330 e. The van der Waals surface area contributed by atoms with Gasteiger partial charge in [0.25, 0.3) is 0 Å². The van der Waals surface area contributed by atoms with E-state index in [1.165, 1.54) is 57.8 Å². The molecule has 0 bridgehead atoms. The highest BCUT2D eigenvalue weighted by Gasteiger charge is 1.88. The van der Waals surface area contributed by atoms with Crippen LogP contribution < -0.4 is 5.73 Å². The van der Waals surface area contributed by atoms with Gasteiger partial charge in [0, 0.05) is 0 Å². The summed E-state index contributed by atoms with van der Waals surface area (Å²) in [5.74, 6) is 0. The Morgan fingerprint density at radius 2 is 1.36 bits per heavy atom. The lowest BCUT2D eigenvalue weighted by molar-refractivity contribution is 0.600. The first-order chi connectivity index (χ1) is 6.91. The van der Waals surface area contributed by atoms with Crippen LogP contribution in [0.3, 0.4) is 0 Å². The summed E-state index contributed by atoms with van der Waals surface area (Å²) in [5, 5.41) is 0. The van der Waals surface area contributed by atoms with Gasteiger partial charge in [-0.3, -0.25) is 0 Å². The van der Waals surface area contributed by atoms with E-state index in [0.717, 1.165) is 6.54 Å². The Hall–Kier alpha value is -0.300. The zero-order valence-electron chi connectivity index (χ0n) is 9.80. The molecule has 0 saturated heterocycles. The quantitative estimate of drug-likeness (QED) is 0.415. The first kappa shape index (κ1) is 13.7. The summed E-state index contributed by atoms with van der Waals surface area (Å²) in [4.78, 5) is 0. The molecule has 14 heavy (non-hydrogen) atoms. The predicted molar refractivity (Wildman–Crippen MR) is 65.4 cm³/mol. The maximum Gasteiger partial charge on any atom is -0.00773 e. The summed E-state index contributed by atoms with van der Waals surface area (Å²) in [7, 11) is 0. The van der Waals surface area contributed by atoms with E-state index in [4.69, 9.17) is 5.73 Å². The van der Waals surface area contributed by atoms with Crippen molar-refractivity contribution < 1.29 is 0 Å². The van der Waals surface area contributed by atoms with Gasteiger partial charge in [0.1, 0.15) is 0 Å². The summed E-state index contributed by atoms with van der Waals surface area (Å²) in [5.41, 5.74) is 5.43. The smallest absolute Gasteiger partial charge is 0.00773 e. The van der Waals surface area contributed by atoms with Crippen LogP contribution >= 0.6 is 0 Å². The van der Waals surface area contributed by atoms with Crippen LogP contribution in [0.5, 0.6) is 0 Å². The molecule has 0 unspecified atom stereocenters. The Morgan fingerprint density at radius 1 is 0.786 bits per heavy atom. The van der Waals surface area contributed by atoms with Crippen LogP contribution in [0.15, 0.2) is 12.2 Å². The van der Waals surface area contributed by atoms with Gasteiger partial charge >= 0.3 is 0 Å². The summed E-state index contributed by atoms with van der Waals surface area (Å²) in [6.45, 7) is 3.08. The molecular formula is C13H27N. The molecule has 0 aliphatic carbocycles. The van der Waals surface area contributed by atoms with E-state index in [1.807, 2.05) is 0 Å². The minimum absolute atomic E-state index is 0.861. The van der Waals surface area contributed by atoms with Crippen LogP contribution in [-0.2, 0) is 0 Å². The van der Waals surface area contributed by atoms with Crippen LogP contribution in [0.2, 0.25) is 0 Å². The van der Waals surface area contributed by atoms with Gasteiger partial charge in [0.2, 0.25) is 0 Å². The Kier molecular flexibility index (Phi) is 12.4. The Bertz CT molecular complexity index is 118. The van der Waals surface area contributed by atoms with Gasteiger partial charge in [0.15, 0.2) is 0 Å². The molecule has 0 radical (unpaired) electrons. The van der Waals surface area contributed by atoms with E-state index in [1.54, 1.807) is 0 Å². The fourth-order valence-electron chi connectivity index (χ4n) is 1.52. The molecule has 0 amide bonds. The first-order valence-corrected chi connectivity index (χ1v) is 6.27. The molecule has 0 aromatic rings. The van der Waals surface area contributed by atoms with Crippen LogP contribution in [0.25, 0.3) is 0 Å². The van der Waals surface area contributed by atoms with Gasteiger partial charge in [-0.15, -0.1) is 0 Å². The molecular weight excluding hydrogens is 170 g/mol. The molecule has 0 atom stereocenters. The predicted octanol–water partition coefficient (Wildman–Crippen LogP) is 4.03. The standard InChI is InChI=1S/C13H27N/c1-2-3-4-5-6-7-8-9-10-11-12-13-14/h4-5H,2-3,6-14H2,1H3/b5-4-. The number of hydrogen-bond donors (Lipinski definition) is 1. The van der Waals surface area contributed by atoms with E-state index < -0.39 is 0 Å². The third kappa shape index (κ3) is 11.7. The number of rotatable bonds is 10. The molecule has 0 aromatic heterocycles. The van der Waals surface area contributed by atoms with Gasteiger partial charge in [-0.05, 0) is 32.2 Å². The second-order valence-electron chi connectivity index (χ2n) is 3.96. The highest BCUT2D eigenvalue weighted by atomic mass is 14.5. The molecule has 0 aliphatic heterocycles. The Morgan fingerprint density at radius 3 is 2.00 bits per heavy atom. The average molecular weight is 197 g/mol. The van der Waals surface area contributed by atoms with Crippen molar-refractivity contribution in [1.29, 1.82) is 0 Å². The monoisotopic (exact) mass is 197 g/mol. The minimum atomic E-state index is 0.861. The van der Waals surface area contributed by atoms with Gasteiger partial charge in [-0.1, -0.05) is 51.2 Å². The molecule has 0 heterocycles. The van der Waals surface area contributed by atoms with Crippen molar-refractivity contribution in [1.82, 2.24) is 0 Å². The number of unbranched alkanes of at least 4 members (excludes halogenated alkanes) is 7. The van der Waals surface area contributed by atoms with Crippen molar-refractivity contribution in [3.8, 4) is 0 Å². The summed E-state index contributed by atoms with van der Waals surface area (Å²) >= 11 is 0. The van der Waals surface area contributed by atoms with Crippen molar-refractivity contribution in [3.05, 3.63) is 12.2 Å². The van der Waals surface area contributed by atoms with Crippen molar-refractivity contribution in [2.24, 2.45) is 5.73 Å². The SMILES string of the molecule is CCC/C=C\CCCCCCCCN. The van der Waals surface area contributed by atoms with Crippen molar-refractivity contribution in [3.63, 3.8) is 0 Å². The molecule has 1 nitrogen and oxygen atoms in total. The fourth-order valence-corrected chi connectivity index (χ4v) is 1.52. The molecule has 0 spiro atoms. The maximum atomic E-state index is 5.43. The fraction of sp³-hybridized carbons (Fsp3) is 0.846.